The molecule has 9 nitrogen and oxygen atoms in total. The number of carbonyl (C=O) groups excluding carboxylic acids is 4. The van der Waals surface area contributed by atoms with Gasteiger partial charge >= 0.3 is 5.97 Å². The smallest absolute Gasteiger partial charge is 0.325 e. The highest BCUT2D eigenvalue weighted by molar-refractivity contribution is 6.44. The lowest BCUT2D eigenvalue weighted by Crippen LogP contribution is -2.33. The van der Waals surface area contributed by atoms with Gasteiger partial charge in [0.25, 0.3) is 11.8 Å². The molecule has 0 bridgehead atoms. The van der Waals surface area contributed by atoms with Gasteiger partial charge in [0, 0.05) is 17.7 Å². The van der Waals surface area contributed by atoms with Gasteiger partial charge in [0.1, 0.15) is 18.3 Å². The highest BCUT2D eigenvalue weighted by Gasteiger charge is 2.34. The van der Waals surface area contributed by atoms with Gasteiger partial charge in [-0.25, -0.2) is 0 Å². The maximum atomic E-state index is 12.7. The first-order valence-electron chi connectivity index (χ1n) is 9.57. The molecule has 0 spiro atoms. The second-order valence-corrected chi connectivity index (χ2v) is 6.85. The zero-order valence-corrected chi connectivity index (χ0v) is 17.1. The summed E-state index contributed by atoms with van der Waals surface area (Å²) in [5.41, 5.74) is 1.76. The van der Waals surface area contributed by atoms with Crippen LogP contribution < -0.4 is 15.6 Å². The fourth-order valence-corrected chi connectivity index (χ4v) is 3.02. The average molecular weight is 422 g/mol. The van der Waals surface area contributed by atoms with E-state index < -0.39 is 23.8 Å². The second kappa shape index (κ2) is 9.66. The molecule has 160 valence electrons. The van der Waals surface area contributed by atoms with Crippen molar-refractivity contribution in [1.82, 2.24) is 5.32 Å². The van der Waals surface area contributed by atoms with E-state index in [4.69, 9.17) is 0 Å². The van der Waals surface area contributed by atoms with Gasteiger partial charge in [-0.1, -0.05) is 18.2 Å². The summed E-state index contributed by atoms with van der Waals surface area (Å²) >= 11 is 0. The Morgan fingerprint density at radius 2 is 1.71 bits per heavy atom. The molecule has 0 fully saturated rings. The zero-order valence-electron chi connectivity index (χ0n) is 17.1. The van der Waals surface area contributed by atoms with Crippen molar-refractivity contribution >= 4 is 40.7 Å². The number of esters is 1. The number of hydrogen-bond donors (Lipinski definition) is 2. The summed E-state index contributed by atoms with van der Waals surface area (Å²) in [5.74, 6) is -1.50. The Balaban J connectivity index is 1.66. The van der Waals surface area contributed by atoms with Crippen molar-refractivity contribution in [2.24, 2.45) is 5.10 Å². The van der Waals surface area contributed by atoms with Crippen molar-refractivity contribution in [1.29, 1.82) is 0 Å². The number of rotatable bonds is 7. The molecule has 1 unspecified atom stereocenters. The van der Waals surface area contributed by atoms with Gasteiger partial charge in [0.15, 0.2) is 5.78 Å². The Hall–Kier alpha value is -4.01. The predicted octanol–water partition coefficient (Wildman–Crippen LogP) is 1.75. The van der Waals surface area contributed by atoms with Crippen LogP contribution in [-0.2, 0) is 19.1 Å². The van der Waals surface area contributed by atoms with Crippen LogP contribution in [0.3, 0.4) is 0 Å². The number of carbonyl (C=O) groups is 4. The summed E-state index contributed by atoms with van der Waals surface area (Å²) in [6, 6.07) is 14.8. The number of hydrogen-bond acceptors (Lipinski definition) is 7. The predicted molar refractivity (Wildman–Crippen MR) is 115 cm³/mol. The maximum Gasteiger partial charge on any atom is 0.325 e. The lowest BCUT2D eigenvalue weighted by molar-refractivity contribution is -0.139. The highest BCUT2D eigenvalue weighted by Crippen LogP contribution is 2.25. The topological polar surface area (TPSA) is 117 Å². The van der Waals surface area contributed by atoms with Gasteiger partial charge in [-0.2, -0.15) is 5.10 Å². The number of ether oxygens (including phenoxy) is 1. The van der Waals surface area contributed by atoms with Crippen LogP contribution in [0.1, 0.15) is 23.7 Å². The first-order valence-corrected chi connectivity index (χ1v) is 9.57. The number of para-hydroxylation sites is 1. The fourth-order valence-electron chi connectivity index (χ4n) is 3.02. The van der Waals surface area contributed by atoms with Crippen molar-refractivity contribution in [2.75, 3.05) is 24.0 Å². The highest BCUT2D eigenvalue weighted by atomic mass is 16.5. The molecule has 2 aromatic rings. The molecular weight excluding hydrogens is 400 g/mol. The van der Waals surface area contributed by atoms with Crippen LogP contribution in [0.15, 0.2) is 59.7 Å². The molecule has 2 aromatic carbocycles. The van der Waals surface area contributed by atoms with Crippen LogP contribution in [0.25, 0.3) is 0 Å². The number of anilines is 2. The van der Waals surface area contributed by atoms with E-state index in [-0.39, 0.29) is 24.5 Å². The summed E-state index contributed by atoms with van der Waals surface area (Å²) in [6.07, 6.45) is 0.198. The molecule has 1 atom stereocenters. The normalized spacial score (nSPS) is 15.1. The first-order chi connectivity index (χ1) is 14.9. The lowest BCUT2D eigenvalue weighted by Gasteiger charge is -2.20. The number of ketones is 1. The van der Waals surface area contributed by atoms with Gasteiger partial charge in [0.05, 0.1) is 12.8 Å². The van der Waals surface area contributed by atoms with Gasteiger partial charge in [-0.3, -0.25) is 24.2 Å². The van der Waals surface area contributed by atoms with Gasteiger partial charge in [-0.15, -0.1) is 0 Å². The number of amides is 2. The van der Waals surface area contributed by atoms with E-state index in [9.17, 15) is 19.2 Å². The van der Waals surface area contributed by atoms with E-state index in [1.54, 1.807) is 17.1 Å². The second-order valence-electron chi connectivity index (χ2n) is 6.85. The van der Waals surface area contributed by atoms with Crippen LogP contribution in [0.4, 0.5) is 11.4 Å². The number of nitrogens with one attached hydrogen (secondary N) is 2. The van der Waals surface area contributed by atoms with E-state index in [0.29, 0.717) is 11.3 Å². The van der Waals surface area contributed by atoms with Crippen molar-refractivity contribution in [3.63, 3.8) is 0 Å². The van der Waals surface area contributed by atoms with Crippen molar-refractivity contribution in [2.45, 2.75) is 19.4 Å². The third-order valence-corrected chi connectivity index (χ3v) is 4.69. The van der Waals surface area contributed by atoms with E-state index in [1.165, 1.54) is 26.2 Å². The minimum Gasteiger partial charge on any atom is -0.468 e. The van der Waals surface area contributed by atoms with E-state index in [2.05, 4.69) is 20.5 Å². The van der Waals surface area contributed by atoms with E-state index >= 15 is 0 Å². The Morgan fingerprint density at radius 3 is 2.32 bits per heavy atom. The summed E-state index contributed by atoms with van der Waals surface area (Å²) in [7, 11) is 1.23. The molecule has 0 aliphatic carbocycles. The minimum absolute atomic E-state index is 0.0854. The molecule has 2 N–H and O–H groups in total. The Morgan fingerprint density at radius 1 is 1.03 bits per heavy atom. The number of benzene rings is 2. The molecule has 31 heavy (non-hydrogen) atoms. The van der Waals surface area contributed by atoms with Crippen LogP contribution in [0.2, 0.25) is 0 Å². The zero-order chi connectivity index (χ0) is 22.4. The maximum absolute atomic E-state index is 12.7. The first kappa shape index (κ1) is 21.7. The van der Waals surface area contributed by atoms with Crippen molar-refractivity contribution < 1.29 is 23.9 Å². The Kier molecular flexibility index (Phi) is 6.76. The monoisotopic (exact) mass is 422 g/mol. The summed E-state index contributed by atoms with van der Waals surface area (Å²) in [4.78, 5) is 47.9. The number of nitrogens with zero attached hydrogens (tertiary/aromatic N) is 2. The molecule has 2 amide bonds. The molecule has 0 saturated carbocycles. The molecule has 1 aliphatic rings. The number of hydrazone groups is 1. The van der Waals surface area contributed by atoms with Gasteiger partial charge in [-0.05, 0) is 43.3 Å². The number of Topliss-reactive ketones (excluding diaryl/α,β-unsaturated/α-hetero) is 1. The average Bonchev–Trinajstić information content (AvgIpc) is 3.24. The largest absolute Gasteiger partial charge is 0.468 e. The Labute approximate surface area is 179 Å². The van der Waals surface area contributed by atoms with Crippen LogP contribution in [0.5, 0.6) is 0 Å². The molecule has 9 heteroatoms. The third-order valence-electron chi connectivity index (χ3n) is 4.69. The molecule has 0 aromatic heterocycles. The SMILES string of the molecule is COC(=O)CNC(=O)c1ccc(NC(=O)C2=NN(c3ccccc3)C(C(C)=O)C2)cc1. The quantitative estimate of drug-likeness (QED) is 0.657. The van der Waals surface area contributed by atoms with Crippen molar-refractivity contribution in [3.8, 4) is 0 Å². The van der Waals surface area contributed by atoms with Crippen molar-refractivity contribution in [3.05, 3.63) is 60.2 Å². The minimum atomic E-state index is -0.553. The molecule has 0 radical (unpaired) electrons. The Bertz CT molecular complexity index is 1020. The lowest BCUT2D eigenvalue weighted by atomic mass is 10.1. The molecule has 0 saturated heterocycles. The fraction of sp³-hybridized carbons (Fsp3) is 0.227. The molecule has 3 rings (SSSR count). The van der Waals surface area contributed by atoms with E-state index in [0.717, 1.165) is 5.69 Å². The third kappa shape index (κ3) is 5.33. The van der Waals surface area contributed by atoms with E-state index in [1.807, 2.05) is 30.3 Å². The van der Waals surface area contributed by atoms with Gasteiger partial charge in [0.2, 0.25) is 0 Å². The molecular formula is C22H22N4O5. The molecule has 1 aliphatic heterocycles. The number of methoxy groups -OCH3 is 1. The standard InChI is InChI=1S/C22H22N4O5/c1-14(27)19-12-18(25-26(19)17-6-4-3-5-7-17)22(30)24-16-10-8-15(9-11-16)21(29)23-13-20(28)31-2/h3-11,19H,12-13H2,1-2H3,(H,23,29)(H,24,30). The van der Waals surface area contributed by atoms with Crippen LogP contribution in [-0.4, -0.2) is 49.0 Å². The van der Waals surface area contributed by atoms with Crippen LogP contribution >= 0.6 is 0 Å². The summed E-state index contributed by atoms with van der Waals surface area (Å²) < 4.78 is 4.47. The van der Waals surface area contributed by atoms with Gasteiger partial charge < -0.3 is 15.4 Å². The van der Waals surface area contributed by atoms with Crippen LogP contribution in [0, 0.1) is 0 Å². The summed E-state index contributed by atoms with van der Waals surface area (Å²) in [5, 5.41) is 11.1. The summed E-state index contributed by atoms with van der Waals surface area (Å²) in [6.45, 7) is 1.24. The molecule has 1 heterocycles.